The van der Waals surface area contributed by atoms with E-state index < -0.39 is 23.9 Å². The molecular formula is C8H9NO5. The van der Waals surface area contributed by atoms with E-state index in [9.17, 15) is 14.4 Å². The Labute approximate surface area is 79.4 Å². The van der Waals surface area contributed by atoms with Crippen molar-refractivity contribution in [2.75, 3.05) is 6.54 Å². The van der Waals surface area contributed by atoms with E-state index in [0.29, 0.717) is 4.90 Å². The van der Waals surface area contributed by atoms with Gasteiger partial charge in [0.2, 0.25) is 0 Å². The maximum atomic E-state index is 11.2. The van der Waals surface area contributed by atoms with Gasteiger partial charge in [0.1, 0.15) is 0 Å². The van der Waals surface area contributed by atoms with Crippen LogP contribution in [0.5, 0.6) is 0 Å². The lowest BCUT2D eigenvalue weighted by molar-refractivity contribution is -0.140. The number of rotatable bonds is 1. The number of hydrogen-bond donors (Lipinski definition) is 2. The van der Waals surface area contributed by atoms with E-state index in [4.69, 9.17) is 10.2 Å². The van der Waals surface area contributed by atoms with Crippen LogP contribution in [0.1, 0.15) is 6.92 Å². The minimum atomic E-state index is -1.40. The van der Waals surface area contributed by atoms with Crippen molar-refractivity contribution < 1.29 is 24.6 Å². The van der Waals surface area contributed by atoms with E-state index in [1.807, 2.05) is 0 Å². The lowest BCUT2D eigenvalue weighted by Crippen LogP contribution is -2.40. The van der Waals surface area contributed by atoms with E-state index in [-0.39, 0.29) is 12.1 Å². The van der Waals surface area contributed by atoms with Crippen LogP contribution in [-0.4, -0.2) is 45.5 Å². The minimum absolute atomic E-state index is 0.0277. The molecule has 0 aliphatic carbocycles. The summed E-state index contributed by atoms with van der Waals surface area (Å²) in [5.41, 5.74) is 0.0277. The van der Waals surface area contributed by atoms with Crippen molar-refractivity contribution in [3.05, 3.63) is 11.6 Å². The number of carboxylic acids is 1. The van der Waals surface area contributed by atoms with Crippen molar-refractivity contribution in [2.45, 2.75) is 13.0 Å². The van der Waals surface area contributed by atoms with Gasteiger partial charge in [0.05, 0.1) is 6.54 Å². The molecule has 0 aromatic carbocycles. The number of likely N-dealkylation sites (tertiary alicyclic amines) is 1. The molecule has 76 valence electrons. The Kier molecular flexibility index (Phi) is 2.55. The second-order valence-electron chi connectivity index (χ2n) is 2.82. The van der Waals surface area contributed by atoms with Crippen LogP contribution in [0.4, 0.5) is 4.79 Å². The Morgan fingerprint density at radius 2 is 2.07 bits per heavy atom. The second kappa shape index (κ2) is 3.49. The molecule has 0 aromatic heterocycles. The third-order valence-corrected chi connectivity index (χ3v) is 2.03. The molecule has 0 saturated carbocycles. The van der Waals surface area contributed by atoms with Gasteiger partial charge in [-0.05, 0) is 6.92 Å². The van der Waals surface area contributed by atoms with Gasteiger partial charge in [-0.15, -0.1) is 0 Å². The number of carboxylic acid groups (broad SMARTS) is 2. The Morgan fingerprint density at radius 1 is 1.50 bits per heavy atom. The summed E-state index contributed by atoms with van der Waals surface area (Å²) in [6.07, 6.45) is -0.0630. The van der Waals surface area contributed by atoms with Gasteiger partial charge in [-0.25, -0.2) is 9.59 Å². The summed E-state index contributed by atoms with van der Waals surface area (Å²) in [5, 5.41) is 17.4. The van der Waals surface area contributed by atoms with E-state index in [1.54, 1.807) is 0 Å². The molecule has 1 atom stereocenters. The quantitative estimate of drug-likeness (QED) is 0.577. The van der Waals surface area contributed by atoms with E-state index in [2.05, 4.69) is 0 Å². The Morgan fingerprint density at radius 3 is 2.43 bits per heavy atom. The zero-order valence-corrected chi connectivity index (χ0v) is 7.43. The molecule has 0 radical (unpaired) electrons. The van der Waals surface area contributed by atoms with Crippen LogP contribution in [0, 0.1) is 0 Å². The van der Waals surface area contributed by atoms with Crippen LogP contribution in [0.2, 0.25) is 0 Å². The summed E-state index contributed by atoms with van der Waals surface area (Å²) < 4.78 is 0. The SMILES string of the molecule is C/C=C1/C(=O)CN(C(=O)O)[C@@H]1C(=O)O. The lowest BCUT2D eigenvalue weighted by atomic mass is 10.1. The monoisotopic (exact) mass is 199 g/mol. The number of allylic oxidation sites excluding steroid dienone is 1. The number of Topliss-reactive ketones (excluding diaryl/α,β-unsaturated/α-hetero) is 1. The molecule has 6 heteroatoms. The fraction of sp³-hybridized carbons (Fsp3) is 0.375. The first-order valence-corrected chi connectivity index (χ1v) is 3.90. The largest absolute Gasteiger partial charge is 0.479 e. The fourth-order valence-corrected chi connectivity index (χ4v) is 1.42. The third-order valence-electron chi connectivity index (χ3n) is 2.03. The highest BCUT2D eigenvalue weighted by Crippen LogP contribution is 2.20. The summed E-state index contributed by atoms with van der Waals surface area (Å²) in [6, 6.07) is -1.36. The molecule has 0 aromatic rings. The molecule has 0 spiro atoms. The Hall–Kier alpha value is -1.85. The molecule has 1 aliphatic heterocycles. The minimum Gasteiger partial charge on any atom is -0.479 e. The van der Waals surface area contributed by atoms with Crippen LogP contribution in [-0.2, 0) is 9.59 Å². The molecule has 1 saturated heterocycles. The second-order valence-corrected chi connectivity index (χ2v) is 2.82. The molecule has 1 fully saturated rings. The summed E-state index contributed by atoms with van der Waals surface area (Å²) in [7, 11) is 0. The van der Waals surface area contributed by atoms with E-state index in [0.717, 1.165) is 0 Å². The Balaban J connectivity index is 3.09. The molecule has 1 rings (SSSR count). The maximum Gasteiger partial charge on any atom is 0.408 e. The average molecular weight is 199 g/mol. The standard InChI is InChI=1S/C8H9NO5/c1-2-4-5(10)3-9(8(13)14)6(4)7(11)12/h2,6H,3H2,1H3,(H,11,12)(H,13,14)/b4-2-/t6-/m0/s1. The number of carbonyl (C=O) groups is 3. The maximum absolute atomic E-state index is 11.2. The number of nitrogens with zero attached hydrogens (tertiary/aromatic N) is 1. The Bertz CT molecular complexity index is 333. The lowest BCUT2D eigenvalue weighted by Gasteiger charge is -2.16. The summed E-state index contributed by atoms with van der Waals surface area (Å²) in [6.45, 7) is 1.13. The highest BCUT2D eigenvalue weighted by atomic mass is 16.4. The molecule has 2 N–H and O–H groups in total. The van der Waals surface area contributed by atoms with Crippen molar-refractivity contribution in [3.63, 3.8) is 0 Å². The van der Waals surface area contributed by atoms with Crippen LogP contribution in [0.15, 0.2) is 11.6 Å². The smallest absolute Gasteiger partial charge is 0.408 e. The normalized spacial score (nSPS) is 24.4. The van der Waals surface area contributed by atoms with Gasteiger partial charge < -0.3 is 10.2 Å². The van der Waals surface area contributed by atoms with Crippen LogP contribution in [0.25, 0.3) is 0 Å². The number of aliphatic carboxylic acids is 1. The predicted molar refractivity (Wildman–Crippen MR) is 44.9 cm³/mol. The first kappa shape index (κ1) is 10.2. The molecule has 6 nitrogen and oxygen atoms in total. The highest BCUT2D eigenvalue weighted by Gasteiger charge is 2.42. The molecular weight excluding hydrogens is 190 g/mol. The van der Waals surface area contributed by atoms with E-state index in [1.165, 1.54) is 13.0 Å². The van der Waals surface area contributed by atoms with Gasteiger partial charge in [-0.3, -0.25) is 9.69 Å². The summed E-state index contributed by atoms with van der Waals surface area (Å²) in [4.78, 5) is 33.1. The predicted octanol–water partition coefficient (Wildman–Crippen LogP) is -0.0514. The highest BCUT2D eigenvalue weighted by molar-refractivity contribution is 6.08. The number of hydrogen-bond acceptors (Lipinski definition) is 3. The van der Waals surface area contributed by atoms with Crippen LogP contribution in [0.3, 0.4) is 0 Å². The molecule has 0 bridgehead atoms. The molecule has 14 heavy (non-hydrogen) atoms. The third kappa shape index (κ3) is 1.46. The topological polar surface area (TPSA) is 94.9 Å². The number of amides is 1. The fourth-order valence-electron chi connectivity index (χ4n) is 1.42. The van der Waals surface area contributed by atoms with Crippen molar-refractivity contribution in [1.29, 1.82) is 0 Å². The summed E-state index contributed by atoms with van der Waals surface area (Å²) >= 11 is 0. The van der Waals surface area contributed by atoms with E-state index >= 15 is 0 Å². The first-order chi connectivity index (χ1) is 6.49. The van der Waals surface area contributed by atoms with Gasteiger partial charge in [-0.1, -0.05) is 6.08 Å². The number of carbonyl (C=O) groups excluding carboxylic acids is 1. The summed E-state index contributed by atoms with van der Waals surface area (Å²) in [5.74, 6) is -1.78. The molecule has 1 heterocycles. The molecule has 1 amide bonds. The number of ketones is 1. The van der Waals surface area contributed by atoms with Gasteiger partial charge in [0, 0.05) is 5.57 Å². The first-order valence-electron chi connectivity index (χ1n) is 3.90. The van der Waals surface area contributed by atoms with Crippen molar-refractivity contribution >= 4 is 17.8 Å². The molecule has 1 aliphatic rings. The van der Waals surface area contributed by atoms with Gasteiger partial charge in [0.25, 0.3) is 0 Å². The van der Waals surface area contributed by atoms with Crippen molar-refractivity contribution in [1.82, 2.24) is 4.90 Å². The van der Waals surface area contributed by atoms with Crippen LogP contribution >= 0.6 is 0 Å². The van der Waals surface area contributed by atoms with Gasteiger partial charge >= 0.3 is 12.1 Å². The van der Waals surface area contributed by atoms with Crippen molar-refractivity contribution in [2.24, 2.45) is 0 Å². The zero-order valence-electron chi connectivity index (χ0n) is 7.43. The van der Waals surface area contributed by atoms with Gasteiger partial charge in [-0.2, -0.15) is 0 Å². The average Bonchev–Trinajstić information content (AvgIpc) is 2.42. The van der Waals surface area contributed by atoms with Crippen LogP contribution < -0.4 is 0 Å². The zero-order chi connectivity index (χ0) is 10.9. The van der Waals surface area contributed by atoms with Gasteiger partial charge in [0.15, 0.2) is 11.8 Å². The molecule has 0 unspecified atom stereocenters. The van der Waals surface area contributed by atoms with Crippen molar-refractivity contribution in [3.8, 4) is 0 Å².